The minimum absolute atomic E-state index is 0.284. The maximum Gasteiger partial charge on any atom is 0.508 e. The second-order valence-electron chi connectivity index (χ2n) is 2.58. The minimum atomic E-state index is -0.717. The third-order valence-corrected chi connectivity index (χ3v) is 1.26. The Bertz CT molecular complexity index is 127. The van der Waals surface area contributed by atoms with Crippen molar-refractivity contribution in [1.29, 1.82) is 0 Å². The number of rotatable bonds is 4. The molecule has 0 aromatic heterocycles. The first-order valence-corrected chi connectivity index (χ1v) is 3.87. The van der Waals surface area contributed by atoms with Crippen LogP contribution in [0.25, 0.3) is 0 Å². The fraction of sp³-hybridized carbons (Fsp3) is 0.857. The molecule has 0 aromatic rings. The molecule has 72 valence electrons. The van der Waals surface area contributed by atoms with Gasteiger partial charge >= 0.3 is 6.16 Å². The summed E-state index contributed by atoms with van der Waals surface area (Å²) in [7, 11) is 0. The van der Waals surface area contributed by atoms with Crippen molar-refractivity contribution in [3.05, 3.63) is 0 Å². The fourth-order valence-corrected chi connectivity index (χ4v) is 0.453. The normalized spacial score (nSPS) is 15.0. The van der Waals surface area contributed by atoms with Gasteiger partial charge in [0.2, 0.25) is 0 Å². The van der Waals surface area contributed by atoms with Gasteiger partial charge in [-0.15, -0.1) is 0 Å². The summed E-state index contributed by atoms with van der Waals surface area (Å²) >= 11 is 0. The van der Waals surface area contributed by atoms with E-state index in [1.165, 1.54) is 0 Å². The van der Waals surface area contributed by atoms with Gasteiger partial charge in [-0.3, -0.25) is 0 Å². The first-order chi connectivity index (χ1) is 5.60. The first kappa shape index (κ1) is 11.2. The van der Waals surface area contributed by atoms with Gasteiger partial charge in [0, 0.05) is 13.1 Å². The van der Waals surface area contributed by atoms with E-state index in [0.29, 0.717) is 0 Å². The molecule has 5 heteroatoms. The maximum atomic E-state index is 10.8. The Kier molecular flexibility index (Phi) is 5.40. The number of carbonyl (C=O) groups excluding carboxylic acids is 1. The Balaban J connectivity index is 3.59. The molecule has 0 aromatic carbocycles. The fourth-order valence-electron chi connectivity index (χ4n) is 0.453. The van der Waals surface area contributed by atoms with E-state index in [9.17, 15) is 4.79 Å². The molecule has 5 nitrogen and oxygen atoms in total. The van der Waals surface area contributed by atoms with Crippen molar-refractivity contribution in [3.63, 3.8) is 0 Å². The largest absolute Gasteiger partial charge is 0.508 e. The van der Waals surface area contributed by atoms with Crippen LogP contribution >= 0.6 is 0 Å². The molecule has 0 rings (SSSR count). The number of hydrogen-bond acceptors (Lipinski definition) is 5. The van der Waals surface area contributed by atoms with E-state index in [0.717, 1.165) is 0 Å². The maximum absolute atomic E-state index is 10.8. The number of hydrogen-bond donors (Lipinski definition) is 2. The predicted molar refractivity (Wildman–Crippen MR) is 44.6 cm³/mol. The average molecular weight is 176 g/mol. The Labute approximate surface area is 72.0 Å². The van der Waals surface area contributed by atoms with E-state index in [1.807, 2.05) is 0 Å². The van der Waals surface area contributed by atoms with Crippen LogP contribution in [0.3, 0.4) is 0 Å². The molecule has 0 saturated carbocycles. The van der Waals surface area contributed by atoms with Gasteiger partial charge in [0.15, 0.2) is 0 Å². The van der Waals surface area contributed by atoms with Gasteiger partial charge < -0.3 is 20.9 Å². The standard InChI is InChI=1S/C7H16N2O3/c1-5(3-8)11-7(10)12-6(2)4-9/h5-6H,3-4,8-9H2,1-2H3. The van der Waals surface area contributed by atoms with E-state index in [-0.39, 0.29) is 25.3 Å². The highest BCUT2D eigenvalue weighted by atomic mass is 16.7. The van der Waals surface area contributed by atoms with Crippen molar-refractivity contribution in [2.24, 2.45) is 11.5 Å². The molecule has 0 spiro atoms. The molecule has 0 radical (unpaired) electrons. The lowest BCUT2D eigenvalue weighted by Crippen LogP contribution is -2.28. The molecule has 0 saturated heterocycles. The summed E-state index contributed by atoms with van der Waals surface area (Å²) in [4.78, 5) is 10.8. The zero-order chi connectivity index (χ0) is 9.56. The molecule has 2 unspecified atom stereocenters. The Morgan fingerprint density at radius 1 is 1.17 bits per heavy atom. The molecular formula is C7H16N2O3. The van der Waals surface area contributed by atoms with Gasteiger partial charge in [-0.1, -0.05) is 0 Å². The molecule has 0 bridgehead atoms. The van der Waals surface area contributed by atoms with Crippen LogP contribution in [0.15, 0.2) is 0 Å². The SMILES string of the molecule is CC(CN)OC(=O)OC(C)CN. The van der Waals surface area contributed by atoms with Crippen molar-refractivity contribution in [1.82, 2.24) is 0 Å². The van der Waals surface area contributed by atoms with Crippen molar-refractivity contribution >= 4 is 6.16 Å². The van der Waals surface area contributed by atoms with Gasteiger partial charge in [0.1, 0.15) is 12.2 Å². The molecule has 0 aliphatic carbocycles. The van der Waals surface area contributed by atoms with Crippen LogP contribution in [0.1, 0.15) is 13.8 Å². The van der Waals surface area contributed by atoms with Crippen LogP contribution in [0, 0.1) is 0 Å². The summed E-state index contributed by atoms with van der Waals surface area (Å²) in [5, 5.41) is 0. The molecule has 0 heterocycles. The Morgan fingerprint density at radius 3 is 1.75 bits per heavy atom. The topological polar surface area (TPSA) is 87.6 Å². The third kappa shape index (κ3) is 4.92. The molecule has 2 atom stereocenters. The highest BCUT2D eigenvalue weighted by molar-refractivity contribution is 5.60. The summed E-state index contributed by atoms with van der Waals surface area (Å²) in [6.45, 7) is 3.95. The van der Waals surface area contributed by atoms with Crippen LogP contribution in [0.5, 0.6) is 0 Å². The summed E-state index contributed by atoms with van der Waals surface area (Å²) < 4.78 is 9.46. The first-order valence-electron chi connectivity index (χ1n) is 3.87. The van der Waals surface area contributed by atoms with E-state index in [4.69, 9.17) is 20.9 Å². The molecule has 0 aliphatic heterocycles. The molecule has 0 aliphatic rings. The van der Waals surface area contributed by atoms with Crippen LogP contribution in [0.4, 0.5) is 4.79 Å². The average Bonchev–Trinajstić information content (AvgIpc) is 2.03. The van der Waals surface area contributed by atoms with Crippen LogP contribution in [0.2, 0.25) is 0 Å². The zero-order valence-corrected chi connectivity index (χ0v) is 7.45. The molecule has 12 heavy (non-hydrogen) atoms. The van der Waals surface area contributed by atoms with E-state index in [2.05, 4.69) is 0 Å². The summed E-state index contributed by atoms with van der Waals surface area (Å²) in [5.41, 5.74) is 10.5. The van der Waals surface area contributed by atoms with E-state index in [1.54, 1.807) is 13.8 Å². The quantitative estimate of drug-likeness (QED) is 0.581. The second kappa shape index (κ2) is 5.79. The van der Waals surface area contributed by atoms with Gasteiger partial charge in [0.05, 0.1) is 0 Å². The van der Waals surface area contributed by atoms with Crippen molar-refractivity contribution < 1.29 is 14.3 Å². The van der Waals surface area contributed by atoms with E-state index < -0.39 is 6.16 Å². The molecule has 0 fully saturated rings. The minimum Gasteiger partial charge on any atom is -0.430 e. The lowest BCUT2D eigenvalue weighted by Gasteiger charge is -2.13. The monoisotopic (exact) mass is 176 g/mol. The number of carbonyl (C=O) groups is 1. The number of ether oxygens (including phenoxy) is 2. The lowest BCUT2D eigenvalue weighted by atomic mass is 10.4. The highest BCUT2D eigenvalue weighted by Crippen LogP contribution is 1.95. The molecule has 0 amide bonds. The molecule has 4 N–H and O–H groups in total. The second-order valence-corrected chi connectivity index (χ2v) is 2.58. The summed E-state index contributed by atoms with van der Waals surface area (Å²) in [5.74, 6) is 0. The van der Waals surface area contributed by atoms with Crippen molar-refractivity contribution in [2.75, 3.05) is 13.1 Å². The highest BCUT2D eigenvalue weighted by Gasteiger charge is 2.11. The smallest absolute Gasteiger partial charge is 0.430 e. The lowest BCUT2D eigenvalue weighted by molar-refractivity contribution is 0.0119. The van der Waals surface area contributed by atoms with Gasteiger partial charge in [-0.2, -0.15) is 0 Å². The summed E-state index contributed by atoms with van der Waals surface area (Å²) in [6.07, 6.45) is -1.35. The van der Waals surface area contributed by atoms with Crippen LogP contribution < -0.4 is 11.5 Å². The Hall–Kier alpha value is -0.810. The summed E-state index contributed by atoms with van der Waals surface area (Å²) in [6, 6.07) is 0. The van der Waals surface area contributed by atoms with Crippen molar-refractivity contribution in [2.45, 2.75) is 26.1 Å². The predicted octanol–water partition coefficient (Wildman–Crippen LogP) is -0.166. The zero-order valence-electron chi connectivity index (χ0n) is 7.45. The third-order valence-electron chi connectivity index (χ3n) is 1.26. The van der Waals surface area contributed by atoms with Gasteiger partial charge in [-0.05, 0) is 13.8 Å². The van der Waals surface area contributed by atoms with E-state index >= 15 is 0 Å². The number of nitrogens with two attached hydrogens (primary N) is 2. The van der Waals surface area contributed by atoms with Gasteiger partial charge in [0.25, 0.3) is 0 Å². The van der Waals surface area contributed by atoms with Crippen LogP contribution in [-0.4, -0.2) is 31.5 Å². The Morgan fingerprint density at radius 2 is 1.50 bits per heavy atom. The van der Waals surface area contributed by atoms with Crippen molar-refractivity contribution in [3.8, 4) is 0 Å². The van der Waals surface area contributed by atoms with Gasteiger partial charge in [-0.25, -0.2) is 4.79 Å². The molecular weight excluding hydrogens is 160 g/mol. The van der Waals surface area contributed by atoms with Crippen LogP contribution in [-0.2, 0) is 9.47 Å².